The molecule has 0 aromatic heterocycles. The molecule has 2 heterocycles. The molecule has 0 unspecified atom stereocenters. The van der Waals surface area contributed by atoms with Crippen LogP contribution in [0.15, 0.2) is 48.6 Å². The Morgan fingerprint density at radius 2 is 1.73 bits per heavy atom. The van der Waals surface area contributed by atoms with Gasteiger partial charge in [-0.1, -0.05) is 86.7 Å². The van der Waals surface area contributed by atoms with Gasteiger partial charge in [0.2, 0.25) is 0 Å². The molecule has 2 fully saturated rings. The standard InChI is InChI=1S/C26H36O4/c1-25(21-26(2)23(29-30-25)20-24(27)28-26)19-15-10-8-6-4-3-5-7-9-12-16-22-17-13-11-14-18-22/h7,9,11-14,16-18,23H,3-6,8,10,15,19-21H2,1-2H3/t23-,25+,26-/m1/s1. The van der Waals surface area contributed by atoms with Gasteiger partial charge in [0.15, 0.2) is 0 Å². The van der Waals surface area contributed by atoms with E-state index >= 15 is 0 Å². The highest BCUT2D eigenvalue weighted by molar-refractivity contribution is 5.73. The number of esters is 1. The maximum atomic E-state index is 11.6. The number of allylic oxidation sites excluding steroid dienone is 3. The Morgan fingerprint density at radius 3 is 2.53 bits per heavy atom. The fourth-order valence-electron chi connectivity index (χ4n) is 4.47. The third-order valence-corrected chi connectivity index (χ3v) is 6.13. The lowest BCUT2D eigenvalue weighted by Gasteiger charge is -2.43. The molecule has 0 radical (unpaired) electrons. The van der Waals surface area contributed by atoms with Crippen molar-refractivity contribution < 1.29 is 19.3 Å². The van der Waals surface area contributed by atoms with Crippen molar-refractivity contribution in [3.05, 3.63) is 54.1 Å². The molecule has 3 rings (SSSR count). The zero-order valence-corrected chi connectivity index (χ0v) is 18.5. The molecule has 4 heteroatoms. The topological polar surface area (TPSA) is 44.8 Å². The molecule has 4 nitrogen and oxygen atoms in total. The molecule has 0 bridgehead atoms. The van der Waals surface area contributed by atoms with Crippen LogP contribution in [0.1, 0.15) is 83.6 Å². The van der Waals surface area contributed by atoms with Crippen LogP contribution < -0.4 is 0 Å². The van der Waals surface area contributed by atoms with E-state index in [1.165, 1.54) is 37.7 Å². The summed E-state index contributed by atoms with van der Waals surface area (Å²) in [7, 11) is 0. The minimum absolute atomic E-state index is 0.183. The minimum atomic E-state index is -0.534. The van der Waals surface area contributed by atoms with Crippen molar-refractivity contribution >= 4 is 12.0 Å². The van der Waals surface area contributed by atoms with E-state index in [1.54, 1.807) is 0 Å². The van der Waals surface area contributed by atoms with Gasteiger partial charge in [0.05, 0.1) is 6.42 Å². The summed E-state index contributed by atoms with van der Waals surface area (Å²) in [4.78, 5) is 22.8. The van der Waals surface area contributed by atoms with Crippen LogP contribution in [0.5, 0.6) is 0 Å². The van der Waals surface area contributed by atoms with Crippen LogP contribution in [0.4, 0.5) is 0 Å². The summed E-state index contributed by atoms with van der Waals surface area (Å²) in [6.07, 6.45) is 18.8. The van der Waals surface area contributed by atoms with E-state index in [0.29, 0.717) is 12.8 Å². The Balaban J connectivity index is 1.20. The Labute approximate surface area is 181 Å². The summed E-state index contributed by atoms with van der Waals surface area (Å²) >= 11 is 0. The van der Waals surface area contributed by atoms with Gasteiger partial charge in [-0.3, -0.25) is 4.79 Å². The molecule has 0 N–H and O–H groups in total. The van der Waals surface area contributed by atoms with Crippen LogP contribution >= 0.6 is 0 Å². The summed E-state index contributed by atoms with van der Waals surface area (Å²) in [6.45, 7) is 4.04. The van der Waals surface area contributed by atoms with Crippen molar-refractivity contribution in [1.82, 2.24) is 0 Å². The van der Waals surface area contributed by atoms with E-state index in [2.05, 4.69) is 55.5 Å². The quantitative estimate of drug-likeness (QED) is 0.179. The number of hydrogen-bond donors (Lipinski definition) is 0. The summed E-state index contributed by atoms with van der Waals surface area (Å²) in [5, 5.41) is 0. The Kier molecular flexibility index (Phi) is 8.29. The number of ether oxygens (including phenoxy) is 1. The highest BCUT2D eigenvalue weighted by Crippen LogP contribution is 2.44. The minimum Gasteiger partial charge on any atom is -0.456 e. The maximum absolute atomic E-state index is 11.6. The molecule has 3 atom stereocenters. The van der Waals surface area contributed by atoms with Crippen molar-refractivity contribution in [2.45, 2.75) is 95.4 Å². The number of benzene rings is 1. The van der Waals surface area contributed by atoms with Crippen LogP contribution in [0.25, 0.3) is 6.08 Å². The van der Waals surface area contributed by atoms with Gasteiger partial charge in [0.25, 0.3) is 0 Å². The summed E-state index contributed by atoms with van der Waals surface area (Å²) < 4.78 is 5.52. The van der Waals surface area contributed by atoms with E-state index in [9.17, 15) is 4.79 Å². The number of fused-ring (bicyclic) bond motifs is 1. The van der Waals surface area contributed by atoms with Crippen LogP contribution in [-0.2, 0) is 19.3 Å². The molecule has 1 aromatic rings. The first-order valence-electron chi connectivity index (χ1n) is 11.4. The van der Waals surface area contributed by atoms with Crippen LogP contribution in [0.2, 0.25) is 0 Å². The van der Waals surface area contributed by atoms with Gasteiger partial charge < -0.3 is 4.74 Å². The van der Waals surface area contributed by atoms with Crippen LogP contribution in [0.3, 0.4) is 0 Å². The van der Waals surface area contributed by atoms with Gasteiger partial charge in [-0.05, 0) is 38.7 Å². The Bertz CT molecular complexity index is 726. The molecule has 2 saturated heterocycles. The number of rotatable bonds is 11. The second kappa shape index (κ2) is 10.9. The zero-order chi connectivity index (χ0) is 21.3. The maximum Gasteiger partial charge on any atom is 0.309 e. The lowest BCUT2D eigenvalue weighted by molar-refractivity contribution is -0.428. The zero-order valence-electron chi connectivity index (χ0n) is 18.5. The van der Waals surface area contributed by atoms with Gasteiger partial charge in [0, 0.05) is 6.42 Å². The van der Waals surface area contributed by atoms with E-state index in [0.717, 1.165) is 19.3 Å². The van der Waals surface area contributed by atoms with E-state index in [-0.39, 0.29) is 17.7 Å². The van der Waals surface area contributed by atoms with Gasteiger partial charge in [-0.15, -0.1) is 0 Å². The predicted octanol–water partition coefficient (Wildman–Crippen LogP) is 6.56. The van der Waals surface area contributed by atoms with Gasteiger partial charge in [0.1, 0.15) is 17.3 Å². The number of hydrogen-bond acceptors (Lipinski definition) is 4. The summed E-state index contributed by atoms with van der Waals surface area (Å²) in [6, 6.07) is 10.4. The number of carbonyl (C=O) groups excluding carboxylic acids is 1. The van der Waals surface area contributed by atoms with Crippen molar-refractivity contribution in [2.24, 2.45) is 0 Å². The number of unbranched alkanes of at least 4 members (excludes halogenated alkanes) is 6. The molecule has 0 spiro atoms. The van der Waals surface area contributed by atoms with E-state index < -0.39 is 5.60 Å². The smallest absolute Gasteiger partial charge is 0.309 e. The van der Waals surface area contributed by atoms with Gasteiger partial charge >= 0.3 is 5.97 Å². The fraction of sp³-hybridized carbons (Fsp3) is 0.577. The molecule has 0 amide bonds. The molecule has 2 aliphatic rings. The average molecular weight is 413 g/mol. The lowest BCUT2D eigenvalue weighted by atomic mass is 9.82. The van der Waals surface area contributed by atoms with E-state index in [1.807, 2.05) is 13.0 Å². The molecule has 30 heavy (non-hydrogen) atoms. The van der Waals surface area contributed by atoms with Crippen molar-refractivity contribution in [1.29, 1.82) is 0 Å². The first-order valence-corrected chi connectivity index (χ1v) is 11.4. The third-order valence-electron chi connectivity index (χ3n) is 6.13. The van der Waals surface area contributed by atoms with Crippen molar-refractivity contribution in [2.75, 3.05) is 0 Å². The monoisotopic (exact) mass is 412 g/mol. The van der Waals surface area contributed by atoms with Gasteiger partial charge in [-0.2, -0.15) is 0 Å². The summed E-state index contributed by atoms with van der Waals surface area (Å²) in [5.74, 6) is -0.183. The highest BCUT2D eigenvalue weighted by Gasteiger charge is 2.55. The normalized spacial score (nSPS) is 28.9. The number of carbonyl (C=O) groups is 1. The Morgan fingerprint density at radius 1 is 1.00 bits per heavy atom. The molecular formula is C26H36O4. The average Bonchev–Trinajstić information content (AvgIpc) is 3.02. The molecule has 164 valence electrons. The largest absolute Gasteiger partial charge is 0.456 e. The van der Waals surface area contributed by atoms with Crippen LogP contribution in [-0.4, -0.2) is 23.3 Å². The van der Waals surface area contributed by atoms with Crippen molar-refractivity contribution in [3.8, 4) is 0 Å². The Hall–Kier alpha value is -1.91. The molecule has 0 aliphatic carbocycles. The second-order valence-corrected chi connectivity index (χ2v) is 9.14. The third kappa shape index (κ3) is 6.82. The highest BCUT2D eigenvalue weighted by atomic mass is 17.2. The molecular weight excluding hydrogens is 376 g/mol. The molecule has 1 aromatic carbocycles. The fourth-order valence-corrected chi connectivity index (χ4v) is 4.47. The van der Waals surface area contributed by atoms with Crippen LogP contribution in [0, 0.1) is 0 Å². The summed E-state index contributed by atoms with van der Waals surface area (Å²) in [5.41, 5.74) is 0.335. The SMILES string of the molecule is C[C@]1(CCCCCCCCC=CC=Cc2ccccc2)C[C@@]2(C)OC(=O)C[C@H]2OO1. The van der Waals surface area contributed by atoms with Gasteiger partial charge in [-0.25, -0.2) is 9.78 Å². The first kappa shape index (κ1) is 22.8. The molecule has 2 aliphatic heterocycles. The first-order chi connectivity index (χ1) is 14.5. The van der Waals surface area contributed by atoms with Crippen molar-refractivity contribution in [3.63, 3.8) is 0 Å². The predicted molar refractivity (Wildman–Crippen MR) is 120 cm³/mol. The second-order valence-electron chi connectivity index (χ2n) is 9.14. The molecule has 0 saturated carbocycles. The lowest BCUT2D eigenvalue weighted by Crippen LogP contribution is -2.51. The van der Waals surface area contributed by atoms with E-state index in [4.69, 9.17) is 14.5 Å².